The molecule has 1 aliphatic heterocycles. The number of hydrogen-bond donors (Lipinski definition) is 0. The standard InChI is InChI=1S/C23H23ClN2O3S/c1-15-23(27)26(11-3-4-12-28-19-8-6-18(24)7-9-19)21-13-17(5-10-22(21)29-15)20-14-30-16(2)25-20/h5-10,13-15H,3-4,11-12H2,1-2H3. The first kappa shape index (κ1) is 20.7. The van der Waals surface area contributed by atoms with Crippen LogP contribution in [0, 0.1) is 6.92 Å². The van der Waals surface area contributed by atoms with Gasteiger partial charge < -0.3 is 14.4 Å². The second kappa shape index (κ2) is 9.06. The van der Waals surface area contributed by atoms with Crippen LogP contribution in [-0.2, 0) is 4.79 Å². The molecule has 4 rings (SSSR count). The lowest BCUT2D eigenvalue weighted by atomic mass is 10.1. The molecular weight excluding hydrogens is 420 g/mol. The summed E-state index contributed by atoms with van der Waals surface area (Å²) < 4.78 is 11.6. The number of aromatic nitrogens is 1. The largest absolute Gasteiger partial charge is 0.494 e. The zero-order chi connectivity index (χ0) is 21.1. The van der Waals surface area contributed by atoms with Gasteiger partial charge in [-0.15, -0.1) is 11.3 Å². The van der Waals surface area contributed by atoms with Gasteiger partial charge in [-0.2, -0.15) is 0 Å². The molecule has 0 bridgehead atoms. The fourth-order valence-electron chi connectivity index (χ4n) is 3.39. The molecule has 0 radical (unpaired) electrons. The van der Waals surface area contributed by atoms with Crippen molar-refractivity contribution in [3.63, 3.8) is 0 Å². The number of nitrogens with zero attached hydrogens (tertiary/aromatic N) is 2. The molecule has 0 aliphatic carbocycles. The minimum atomic E-state index is -0.491. The summed E-state index contributed by atoms with van der Waals surface area (Å²) in [7, 11) is 0. The van der Waals surface area contributed by atoms with Gasteiger partial charge in [0.15, 0.2) is 6.10 Å². The highest BCUT2D eigenvalue weighted by atomic mass is 35.5. The molecule has 156 valence electrons. The third-order valence-electron chi connectivity index (χ3n) is 4.94. The summed E-state index contributed by atoms with van der Waals surface area (Å²) in [5.74, 6) is 1.51. The molecule has 0 spiro atoms. The molecule has 1 amide bonds. The Kier molecular flexibility index (Phi) is 6.25. The highest BCUT2D eigenvalue weighted by Gasteiger charge is 2.31. The van der Waals surface area contributed by atoms with Gasteiger partial charge in [0.2, 0.25) is 0 Å². The number of halogens is 1. The molecule has 3 aromatic rings. The van der Waals surface area contributed by atoms with Gasteiger partial charge in [0, 0.05) is 22.5 Å². The lowest BCUT2D eigenvalue weighted by Crippen LogP contribution is -2.45. The lowest BCUT2D eigenvalue weighted by Gasteiger charge is -2.33. The molecule has 1 unspecified atom stereocenters. The SMILES string of the molecule is Cc1nc(-c2ccc3c(c2)N(CCCCOc2ccc(Cl)cc2)C(=O)C(C)O3)cs1. The van der Waals surface area contributed by atoms with Crippen molar-refractivity contribution in [2.45, 2.75) is 32.8 Å². The summed E-state index contributed by atoms with van der Waals surface area (Å²) in [5, 5.41) is 3.73. The molecule has 0 saturated carbocycles. The highest BCUT2D eigenvalue weighted by molar-refractivity contribution is 7.09. The second-order valence-corrected chi connectivity index (χ2v) is 8.69. The van der Waals surface area contributed by atoms with Crippen LogP contribution >= 0.6 is 22.9 Å². The van der Waals surface area contributed by atoms with Crippen LogP contribution in [0.5, 0.6) is 11.5 Å². The molecule has 2 heterocycles. The van der Waals surface area contributed by atoms with Gasteiger partial charge in [-0.05, 0) is 69.2 Å². The van der Waals surface area contributed by atoms with E-state index in [0.29, 0.717) is 18.2 Å². The molecule has 1 aromatic heterocycles. The van der Waals surface area contributed by atoms with Crippen LogP contribution in [0.25, 0.3) is 11.3 Å². The molecule has 1 aliphatic rings. The van der Waals surface area contributed by atoms with Crippen molar-refractivity contribution >= 4 is 34.5 Å². The van der Waals surface area contributed by atoms with E-state index in [1.165, 1.54) is 0 Å². The summed E-state index contributed by atoms with van der Waals surface area (Å²) in [6.07, 6.45) is 1.17. The van der Waals surface area contributed by atoms with E-state index in [1.807, 2.05) is 59.7 Å². The van der Waals surface area contributed by atoms with Crippen molar-refractivity contribution in [3.8, 4) is 22.8 Å². The Hall–Kier alpha value is -2.57. The number of aryl methyl sites for hydroxylation is 1. The molecule has 0 N–H and O–H groups in total. The number of hydrogen-bond acceptors (Lipinski definition) is 5. The maximum atomic E-state index is 12.8. The van der Waals surface area contributed by atoms with E-state index < -0.39 is 6.10 Å². The number of fused-ring (bicyclic) bond motifs is 1. The summed E-state index contributed by atoms with van der Waals surface area (Å²) in [6, 6.07) is 13.2. The number of rotatable bonds is 7. The second-order valence-electron chi connectivity index (χ2n) is 7.19. The van der Waals surface area contributed by atoms with Gasteiger partial charge in [-0.25, -0.2) is 4.98 Å². The van der Waals surface area contributed by atoms with Crippen LogP contribution in [-0.4, -0.2) is 30.1 Å². The maximum absolute atomic E-state index is 12.8. The van der Waals surface area contributed by atoms with Gasteiger partial charge in [0.05, 0.1) is 23.0 Å². The van der Waals surface area contributed by atoms with Crippen molar-refractivity contribution in [2.24, 2.45) is 0 Å². The van der Waals surface area contributed by atoms with E-state index in [9.17, 15) is 4.79 Å². The third kappa shape index (κ3) is 4.60. The summed E-state index contributed by atoms with van der Waals surface area (Å²) in [5.41, 5.74) is 2.71. The Labute approximate surface area is 185 Å². The molecule has 2 aromatic carbocycles. The van der Waals surface area contributed by atoms with Crippen molar-refractivity contribution in [3.05, 3.63) is 57.9 Å². The average molecular weight is 443 g/mol. The van der Waals surface area contributed by atoms with Gasteiger partial charge in [0.25, 0.3) is 5.91 Å². The topological polar surface area (TPSA) is 51.7 Å². The van der Waals surface area contributed by atoms with Crippen LogP contribution in [0.1, 0.15) is 24.8 Å². The monoisotopic (exact) mass is 442 g/mol. The van der Waals surface area contributed by atoms with Gasteiger partial charge in [-0.3, -0.25) is 4.79 Å². The van der Waals surface area contributed by atoms with Crippen LogP contribution in [0.2, 0.25) is 5.02 Å². The number of carbonyl (C=O) groups is 1. The van der Waals surface area contributed by atoms with Crippen molar-refractivity contribution < 1.29 is 14.3 Å². The lowest BCUT2D eigenvalue weighted by molar-refractivity contribution is -0.125. The minimum absolute atomic E-state index is 0.0206. The Morgan fingerprint density at radius 3 is 2.73 bits per heavy atom. The predicted octanol–water partition coefficient (Wildman–Crippen LogP) is 5.75. The quantitative estimate of drug-likeness (QED) is 0.437. The summed E-state index contributed by atoms with van der Waals surface area (Å²) >= 11 is 7.51. The van der Waals surface area contributed by atoms with Crippen molar-refractivity contribution in [1.29, 1.82) is 0 Å². The number of anilines is 1. The van der Waals surface area contributed by atoms with Crippen molar-refractivity contribution in [2.75, 3.05) is 18.1 Å². The van der Waals surface area contributed by atoms with Gasteiger partial charge in [0.1, 0.15) is 11.5 Å². The molecule has 0 saturated heterocycles. The molecule has 0 fully saturated rings. The van der Waals surface area contributed by atoms with Crippen LogP contribution in [0.4, 0.5) is 5.69 Å². The number of thiazole rings is 1. The zero-order valence-electron chi connectivity index (χ0n) is 16.9. The Balaban J connectivity index is 1.42. The number of unbranched alkanes of at least 4 members (excludes halogenated alkanes) is 1. The molecule has 30 heavy (non-hydrogen) atoms. The van der Waals surface area contributed by atoms with E-state index in [1.54, 1.807) is 18.3 Å². The first-order valence-electron chi connectivity index (χ1n) is 9.94. The Morgan fingerprint density at radius 2 is 2.00 bits per heavy atom. The van der Waals surface area contributed by atoms with E-state index in [4.69, 9.17) is 21.1 Å². The highest BCUT2D eigenvalue weighted by Crippen LogP contribution is 2.38. The third-order valence-corrected chi connectivity index (χ3v) is 5.97. The Bertz CT molecular complexity index is 1040. The van der Waals surface area contributed by atoms with Gasteiger partial charge in [-0.1, -0.05) is 11.6 Å². The number of benzene rings is 2. The van der Waals surface area contributed by atoms with E-state index in [0.717, 1.165) is 46.3 Å². The van der Waals surface area contributed by atoms with Crippen LogP contribution in [0.15, 0.2) is 47.8 Å². The minimum Gasteiger partial charge on any atom is -0.494 e. The average Bonchev–Trinajstić information content (AvgIpc) is 3.18. The number of amides is 1. The van der Waals surface area contributed by atoms with E-state index >= 15 is 0 Å². The number of ether oxygens (including phenoxy) is 2. The fourth-order valence-corrected chi connectivity index (χ4v) is 4.13. The van der Waals surface area contributed by atoms with Crippen molar-refractivity contribution in [1.82, 2.24) is 4.98 Å². The first-order valence-corrected chi connectivity index (χ1v) is 11.2. The van der Waals surface area contributed by atoms with E-state index in [2.05, 4.69) is 4.98 Å². The number of carbonyl (C=O) groups excluding carboxylic acids is 1. The molecule has 1 atom stereocenters. The maximum Gasteiger partial charge on any atom is 0.267 e. The first-order chi connectivity index (χ1) is 14.5. The molecular formula is C23H23ClN2O3S. The summed E-state index contributed by atoms with van der Waals surface area (Å²) in [4.78, 5) is 19.2. The van der Waals surface area contributed by atoms with E-state index in [-0.39, 0.29) is 5.91 Å². The normalized spacial score (nSPS) is 15.6. The molecule has 7 heteroatoms. The Morgan fingerprint density at radius 1 is 1.20 bits per heavy atom. The summed E-state index contributed by atoms with van der Waals surface area (Å²) in [6.45, 7) is 4.97. The zero-order valence-corrected chi connectivity index (χ0v) is 18.5. The van der Waals surface area contributed by atoms with Gasteiger partial charge >= 0.3 is 0 Å². The van der Waals surface area contributed by atoms with Crippen LogP contribution in [0.3, 0.4) is 0 Å². The van der Waals surface area contributed by atoms with Crippen LogP contribution < -0.4 is 14.4 Å². The smallest absolute Gasteiger partial charge is 0.267 e. The fraction of sp³-hybridized carbons (Fsp3) is 0.304. The predicted molar refractivity (Wildman–Crippen MR) is 121 cm³/mol. The molecule has 5 nitrogen and oxygen atoms in total.